The third-order valence-electron chi connectivity index (χ3n) is 3.00. The molecule has 0 radical (unpaired) electrons. The Balaban J connectivity index is 3.05. The molecular weight excluding hydrogens is 268 g/mol. The van der Waals surface area contributed by atoms with Gasteiger partial charge in [-0.2, -0.15) is 8.78 Å². The van der Waals surface area contributed by atoms with E-state index in [1.807, 2.05) is 0 Å². The number of hydrogen-bond donors (Lipinski definition) is 1. The van der Waals surface area contributed by atoms with E-state index >= 15 is 0 Å². The van der Waals surface area contributed by atoms with Crippen molar-refractivity contribution in [3.05, 3.63) is 0 Å². The second-order valence-corrected chi connectivity index (χ2v) is 5.03. The van der Waals surface area contributed by atoms with Crippen LogP contribution in [0.5, 0.6) is 0 Å². The van der Waals surface area contributed by atoms with Crippen LogP contribution in [0.2, 0.25) is 0 Å². The van der Waals surface area contributed by atoms with E-state index < -0.39 is 42.3 Å². The van der Waals surface area contributed by atoms with Crippen LogP contribution >= 0.6 is 0 Å². The number of rotatable bonds is 4. The molecule has 0 aliphatic carbocycles. The summed E-state index contributed by atoms with van der Waals surface area (Å²) in [5, 5.41) is 2.39. The van der Waals surface area contributed by atoms with Crippen LogP contribution in [-0.4, -0.2) is 47.2 Å². The van der Waals surface area contributed by atoms with Gasteiger partial charge in [0, 0.05) is 0 Å². The molecule has 0 aromatic heterocycles. The molecule has 4 nitrogen and oxygen atoms in total. The maximum Gasteiger partial charge on any atom is 0.324 e. The molecule has 1 N–H and O–H groups in total. The molecule has 0 aromatic carbocycles. The Hall–Kier alpha value is -1.34. The maximum atomic E-state index is 13.1. The van der Waals surface area contributed by atoms with Crippen LogP contribution in [0.4, 0.5) is 17.6 Å². The quantitative estimate of drug-likeness (QED) is 0.793. The summed E-state index contributed by atoms with van der Waals surface area (Å²) in [5.41, 5.74) is -1.37. The molecule has 1 heterocycles. The van der Waals surface area contributed by atoms with E-state index in [9.17, 15) is 27.2 Å². The number of piperazine rings is 1. The van der Waals surface area contributed by atoms with Crippen molar-refractivity contribution < 1.29 is 27.2 Å². The van der Waals surface area contributed by atoms with Gasteiger partial charge in [-0.1, -0.05) is 6.92 Å². The molecule has 1 fully saturated rings. The lowest BCUT2D eigenvalue weighted by molar-refractivity contribution is -0.173. The molecule has 1 atom stereocenters. The van der Waals surface area contributed by atoms with Crippen molar-refractivity contribution in [1.29, 1.82) is 0 Å². The van der Waals surface area contributed by atoms with Gasteiger partial charge in [-0.15, -0.1) is 0 Å². The molecule has 1 aliphatic heterocycles. The number of alkyl halides is 4. The number of amides is 2. The SMILES string of the molecule is CCC1C(=O)NC(C)(C)C(=O)N1CC(F)(F)C(F)F. The molecule has 1 saturated heterocycles. The van der Waals surface area contributed by atoms with Crippen LogP contribution in [0.3, 0.4) is 0 Å². The van der Waals surface area contributed by atoms with E-state index in [0.29, 0.717) is 4.90 Å². The van der Waals surface area contributed by atoms with Crippen molar-refractivity contribution >= 4 is 11.8 Å². The van der Waals surface area contributed by atoms with E-state index in [4.69, 9.17) is 0 Å². The lowest BCUT2D eigenvalue weighted by Crippen LogP contribution is -2.69. The van der Waals surface area contributed by atoms with Gasteiger partial charge in [0.15, 0.2) is 0 Å². The second kappa shape index (κ2) is 4.97. The lowest BCUT2D eigenvalue weighted by atomic mass is 9.95. The third kappa shape index (κ3) is 2.98. The first-order valence-electron chi connectivity index (χ1n) is 5.82. The van der Waals surface area contributed by atoms with Gasteiger partial charge in [0.25, 0.3) is 0 Å². The number of nitrogens with one attached hydrogen (secondary N) is 1. The standard InChI is InChI=1S/C11H16F4N2O2/c1-4-6-7(18)16-10(2,3)9(19)17(6)5-11(14,15)8(12)13/h6,8H,4-5H2,1-3H3,(H,16,18). The van der Waals surface area contributed by atoms with Crippen molar-refractivity contribution in [2.75, 3.05) is 6.54 Å². The molecule has 1 rings (SSSR count). The first kappa shape index (κ1) is 15.7. The van der Waals surface area contributed by atoms with Crippen LogP contribution in [-0.2, 0) is 9.59 Å². The van der Waals surface area contributed by atoms with Crippen molar-refractivity contribution in [2.45, 2.75) is 51.1 Å². The predicted molar refractivity (Wildman–Crippen MR) is 59.0 cm³/mol. The van der Waals surface area contributed by atoms with Gasteiger partial charge < -0.3 is 10.2 Å². The zero-order chi connectivity index (χ0) is 15.0. The van der Waals surface area contributed by atoms with E-state index in [1.54, 1.807) is 0 Å². The highest BCUT2D eigenvalue weighted by atomic mass is 19.3. The second-order valence-electron chi connectivity index (χ2n) is 5.03. The molecule has 1 unspecified atom stereocenters. The number of halogens is 4. The minimum atomic E-state index is -4.34. The topological polar surface area (TPSA) is 49.4 Å². The predicted octanol–water partition coefficient (Wildman–Crippen LogP) is 1.40. The van der Waals surface area contributed by atoms with Crippen molar-refractivity contribution in [1.82, 2.24) is 10.2 Å². The van der Waals surface area contributed by atoms with Crippen molar-refractivity contribution in [2.24, 2.45) is 0 Å². The third-order valence-corrected chi connectivity index (χ3v) is 3.00. The van der Waals surface area contributed by atoms with Gasteiger partial charge in [0.05, 0.1) is 6.54 Å². The van der Waals surface area contributed by atoms with Gasteiger partial charge in [-0.25, -0.2) is 8.78 Å². The molecule has 0 spiro atoms. The zero-order valence-corrected chi connectivity index (χ0v) is 10.8. The summed E-state index contributed by atoms with van der Waals surface area (Å²) < 4.78 is 50.7. The van der Waals surface area contributed by atoms with Gasteiger partial charge in [-0.3, -0.25) is 9.59 Å². The van der Waals surface area contributed by atoms with Crippen LogP contribution in [0.1, 0.15) is 27.2 Å². The fourth-order valence-electron chi connectivity index (χ4n) is 1.97. The highest BCUT2D eigenvalue weighted by Crippen LogP contribution is 2.28. The average Bonchev–Trinajstić information content (AvgIpc) is 2.25. The molecule has 8 heteroatoms. The first-order chi connectivity index (χ1) is 8.53. The summed E-state index contributed by atoms with van der Waals surface area (Å²) in [6, 6.07) is -1.15. The van der Waals surface area contributed by atoms with Crippen LogP contribution in [0, 0.1) is 0 Å². The number of carbonyl (C=O) groups is 2. The summed E-state index contributed by atoms with van der Waals surface area (Å²) in [5.74, 6) is -5.74. The lowest BCUT2D eigenvalue weighted by Gasteiger charge is -2.43. The Kier molecular flexibility index (Phi) is 4.11. The van der Waals surface area contributed by atoms with Gasteiger partial charge in [0.1, 0.15) is 11.6 Å². The number of nitrogens with zero attached hydrogens (tertiary/aromatic N) is 1. The molecular formula is C11H16F4N2O2. The minimum absolute atomic E-state index is 0.0764. The van der Waals surface area contributed by atoms with Gasteiger partial charge >= 0.3 is 12.3 Å². The van der Waals surface area contributed by atoms with E-state index in [-0.39, 0.29) is 6.42 Å². The van der Waals surface area contributed by atoms with Crippen LogP contribution < -0.4 is 5.32 Å². The molecule has 19 heavy (non-hydrogen) atoms. The average molecular weight is 284 g/mol. The molecule has 0 aromatic rings. The Bertz CT molecular complexity index is 385. The Labute approximate surface area is 108 Å². The van der Waals surface area contributed by atoms with E-state index in [2.05, 4.69) is 5.32 Å². The molecule has 1 aliphatic rings. The van der Waals surface area contributed by atoms with Crippen molar-refractivity contribution in [3.8, 4) is 0 Å². The smallest absolute Gasteiger partial charge is 0.324 e. The molecule has 0 saturated carbocycles. The van der Waals surface area contributed by atoms with E-state index in [1.165, 1.54) is 20.8 Å². The number of hydrogen-bond acceptors (Lipinski definition) is 2. The number of carbonyl (C=O) groups excluding carboxylic acids is 2. The Morgan fingerprint density at radius 3 is 2.32 bits per heavy atom. The minimum Gasteiger partial charge on any atom is -0.340 e. The summed E-state index contributed by atoms with van der Waals surface area (Å²) in [4.78, 5) is 24.3. The highest BCUT2D eigenvalue weighted by Gasteiger charge is 2.51. The summed E-state index contributed by atoms with van der Waals surface area (Å²) >= 11 is 0. The fourth-order valence-corrected chi connectivity index (χ4v) is 1.97. The Morgan fingerprint density at radius 1 is 1.37 bits per heavy atom. The summed E-state index contributed by atoms with van der Waals surface area (Å²) in [7, 11) is 0. The Morgan fingerprint density at radius 2 is 1.89 bits per heavy atom. The zero-order valence-electron chi connectivity index (χ0n) is 10.8. The van der Waals surface area contributed by atoms with Crippen molar-refractivity contribution in [3.63, 3.8) is 0 Å². The molecule has 2 amide bonds. The first-order valence-corrected chi connectivity index (χ1v) is 5.82. The van der Waals surface area contributed by atoms with Gasteiger partial charge in [-0.05, 0) is 20.3 Å². The molecule has 110 valence electrons. The van der Waals surface area contributed by atoms with Crippen LogP contribution in [0.25, 0.3) is 0 Å². The van der Waals surface area contributed by atoms with Gasteiger partial charge in [0.2, 0.25) is 11.8 Å². The highest BCUT2D eigenvalue weighted by molar-refractivity contribution is 5.99. The summed E-state index contributed by atoms with van der Waals surface area (Å²) in [6.45, 7) is 2.74. The molecule has 0 bridgehead atoms. The monoisotopic (exact) mass is 284 g/mol. The maximum absolute atomic E-state index is 13.1. The summed E-state index contributed by atoms with van der Waals surface area (Å²) in [6.07, 6.45) is -3.81. The fraction of sp³-hybridized carbons (Fsp3) is 0.818. The largest absolute Gasteiger partial charge is 0.340 e. The van der Waals surface area contributed by atoms with Crippen LogP contribution in [0.15, 0.2) is 0 Å². The van der Waals surface area contributed by atoms with E-state index in [0.717, 1.165) is 0 Å². The normalized spacial score (nSPS) is 23.8.